The van der Waals surface area contributed by atoms with E-state index in [1.807, 2.05) is 35.2 Å². The van der Waals surface area contributed by atoms with Crippen LogP contribution >= 0.6 is 11.6 Å². The zero-order valence-corrected chi connectivity index (χ0v) is 17.8. The number of nitrogens with zero attached hydrogens (tertiary/aromatic N) is 1. The zero-order valence-electron chi connectivity index (χ0n) is 17.0. The average molecular weight is 445 g/mol. The molecule has 2 aromatic carbocycles. The monoisotopic (exact) mass is 444 g/mol. The summed E-state index contributed by atoms with van der Waals surface area (Å²) in [7, 11) is 0. The largest absolute Gasteiger partial charge is 0.445 e. The van der Waals surface area contributed by atoms with Crippen molar-refractivity contribution in [2.75, 3.05) is 36.4 Å². The molecule has 9 heteroatoms. The molecule has 3 amide bonds. The van der Waals surface area contributed by atoms with E-state index in [9.17, 15) is 14.4 Å². The van der Waals surface area contributed by atoms with Gasteiger partial charge < -0.3 is 25.6 Å². The third kappa shape index (κ3) is 7.18. The summed E-state index contributed by atoms with van der Waals surface area (Å²) >= 11 is 6.34. The molecule has 0 atom stereocenters. The Kier molecular flexibility index (Phi) is 8.12. The molecule has 2 aromatic rings. The fourth-order valence-corrected chi connectivity index (χ4v) is 3.42. The van der Waals surface area contributed by atoms with Crippen molar-refractivity contribution < 1.29 is 19.1 Å². The highest BCUT2D eigenvalue weighted by Crippen LogP contribution is 2.29. The van der Waals surface area contributed by atoms with Gasteiger partial charge >= 0.3 is 6.09 Å². The van der Waals surface area contributed by atoms with Crippen molar-refractivity contribution in [3.63, 3.8) is 0 Å². The highest BCUT2D eigenvalue weighted by Gasteiger charge is 2.18. The van der Waals surface area contributed by atoms with Gasteiger partial charge in [-0.3, -0.25) is 9.59 Å². The summed E-state index contributed by atoms with van der Waals surface area (Å²) in [5.41, 5.74) is 2.24. The number of amides is 3. The number of hydrogen-bond donors (Lipinski definition) is 3. The van der Waals surface area contributed by atoms with Crippen molar-refractivity contribution in [2.45, 2.75) is 19.4 Å². The number of benzene rings is 2. The van der Waals surface area contributed by atoms with Gasteiger partial charge in [-0.2, -0.15) is 0 Å². The zero-order chi connectivity index (χ0) is 22.1. The molecule has 0 unspecified atom stereocenters. The van der Waals surface area contributed by atoms with Crippen LogP contribution in [0.1, 0.15) is 18.4 Å². The molecule has 0 saturated carbocycles. The van der Waals surface area contributed by atoms with E-state index in [-0.39, 0.29) is 31.4 Å². The Morgan fingerprint density at radius 3 is 2.71 bits per heavy atom. The van der Waals surface area contributed by atoms with Gasteiger partial charge in [0, 0.05) is 31.7 Å². The summed E-state index contributed by atoms with van der Waals surface area (Å²) in [6, 6.07) is 14.6. The maximum atomic E-state index is 12.1. The first-order valence-corrected chi connectivity index (χ1v) is 10.4. The van der Waals surface area contributed by atoms with Crippen LogP contribution in [0.25, 0.3) is 0 Å². The molecule has 3 N–H and O–H groups in total. The summed E-state index contributed by atoms with van der Waals surface area (Å²) in [5.74, 6) is -0.224. The van der Waals surface area contributed by atoms with Gasteiger partial charge in [0.05, 0.1) is 17.3 Å². The van der Waals surface area contributed by atoms with E-state index in [0.717, 1.165) is 11.3 Å². The molecular weight excluding hydrogens is 420 g/mol. The van der Waals surface area contributed by atoms with Crippen molar-refractivity contribution in [2.24, 2.45) is 0 Å². The van der Waals surface area contributed by atoms with E-state index in [4.69, 9.17) is 16.3 Å². The molecule has 1 heterocycles. The lowest BCUT2D eigenvalue weighted by molar-refractivity contribution is -0.120. The van der Waals surface area contributed by atoms with E-state index in [0.29, 0.717) is 36.8 Å². The second-order valence-corrected chi connectivity index (χ2v) is 7.49. The van der Waals surface area contributed by atoms with Crippen LogP contribution in [0.15, 0.2) is 48.5 Å². The van der Waals surface area contributed by atoms with E-state index in [1.54, 1.807) is 18.2 Å². The van der Waals surface area contributed by atoms with E-state index in [2.05, 4.69) is 16.0 Å². The standard InChI is InChI=1S/C22H25ClN4O4/c23-18-13-17(8-9-19(18)27-12-11-24-21(29)14-27)26-20(28)7-4-10-25-22(30)31-15-16-5-2-1-3-6-16/h1-3,5-6,8-9,13H,4,7,10-12,14-15H2,(H,24,29)(H,25,30)(H,26,28). The number of rotatable bonds is 8. The first-order chi connectivity index (χ1) is 15.0. The molecule has 0 aromatic heterocycles. The van der Waals surface area contributed by atoms with Crippen LogP contribution in [0, 0.1) is 0 Å². The molecular formula is C22H25ClN4O4. The van der Waals surface area contributed by atoms with Crippen LogP contribution in [-0.4, -0.2) is 44.1 Å². The minimum Gasteiger partial charge on any atom is -0.445 e. The van der Waals surface area contributed by atoms with Crippen molar-refractivity contribution in [3.05, 3.63) is 59.1 Å². The first-order valence-electron chi connectivity index (χ1n) is 10.1. The third-order valence-electron chi connectivity index (χ3n) is 4.67. The third-order valence-corrected chi connectivity index (χ3v) is 4.98. The smallest absolute Gasteiger partial charge is 0.407 e. The van der Waals surface area contributed by atoms with Gasteiger partial charge in [-0.05, 0) is 30.2 Å². The van der Waals surface area contributed by atoms with Gasteiger partial charge in [-0.25, -0.2) is 4.79 Å². The number of carbonyl (C=O) groups excluding carboxylic acids is 3. The van der Waals surface area contributed by atoms with Gasteiger partial charge in [0.1, 0.15) is 6.61 Å². The van der Waals surface area contributed by atoms with Gasteiger partial charge in [-0.1, -0.05) is 41.9 Å². The van der Waals surface area contributed by atoms with Gasteiger partial charge in [0.15, 0.2) is 0 Å². The summed E-state index contributed by atoms with van der Waals surface area (Å²) in [4.78, 5) is 37.3. The number of halogens is 1. The Morgan fingerprint density at radius 1 is 1.16 bits per heavy atom. The van der Waals surface area contributed by atoms with E-state index >= 15 is 0 Å². The van der Waals surface area contributed by atoms with E-state index < -0.39 is 6.09 Å². The van der Waals surface area contributed by atoms with Gasteiger partial charge in [-0.15, -0.1) is 0 Å². The predicted molar refractivity (Wildman–Crippen MR) is 119 cm³/mol. The molecule has 0 aliphatic carbocycles. The first kappa shape index (κ1) is 22.4. The van der Waals surface area contributed by atoms with E-state index in [1.165, 1.54) is 0 Å². The SMILES string of the molecule is O=C1CN(c2ccc(NC(=O)CCCNC(=O)OCc3ccccc3)cc2Cl)CCN1. The molecule has 1 fully saturated rings. The lowest BCUT2D eigenvalue weighted by Crippen LogP contribution is -2.47. The Labute approximate surface area is 185 Å². The molecule has 0 radical (unpaired) electrons. The minimum absolute atomic E-state index is 0.0442. The molecule has 1 saturated heterocycles. The second kappa shape index (κ2) is 11.2. The van der Waals surface area contributed by atoms with Gasteiger partial charge in [0.2, 0.25) is 11.8 Å². The molecule has 164 valence electrons. The molecule has 1 aliphatic heterocycles. The topological polar surface area (TPSA) is 99.8 Å². The van der Waals surface area contributed by atoms with Crippen LogP contribution in [-0.2, 0) is 20.9 Å². The number of carbonyl (C=O) groups is 3. The quantitative estimate of drug-likeness (QED) is 0.543. The molecule has 8 nitrogen and oxygen atoms in total. The molecule has 0 bridgehead atoms. The van der Waals surface area contributed by atoms with Crippen LogP contribution in [0.3, 0.4) is 0 Å². The fraction of sp³-hybridized carbons (Fsp3) is 0.318. The molecule has 1 aliphatic rings. The molecule has 0 spiro atoms. The van der Waals surface area contributed by atoms with Crippen molar-refractivity contribution in [1.29, 1.82) is 0 Å². The second-order valence-electron chi connectivity index (χ2n) is 7.08. The molecule has 31 heavy (non-hydrogen) atoms. The lowest BCUT2D eigenvalue weighted by atomic mass is 10.2. The summed E-state index contributed by atoms with van der Waals surface area (Å²) in [5, 5.41) is 8.66. The summed E-state index contributed by atoms with van der Waals surface area (Å²) < 4.78 is 5.12. The van der Waals surface area contributed by atoms with Crippen molar-refractivity contribution >= 4 is 40.9 Å². The van der Waals surface area contributed by atoms with Crippen molar-refractivity contribution in [3.8, 4) is 0 Å². The Balaban J connectivity index is 1.36. The van der Waals surface area contributed by atoms with Crippen molar-refractivity contribution in [1.82, 2.24) is 10.6 Å². The highest BCUT2D eigenvalue weighted by atomic mass is 35.5. The summed E-state index contributed by atoms with van der Waals surface area (Å²) in [6.45, 7) is 2.04. The van der Waals surface area contributed by atoms with Crippen LogP contribution in [0.2, 0.25) is 5.02 Å². The maximum absolute atomic E-state index is 12.1. The van der Waals surface area contributed by atoms with Crippen LogP contribution in [0.5, 0.6) is 0 Å². The summed E-state index contributed by atoms with van der Waals surface area (Å²) in [6.07, 6.45) is 0.198. The number of alkyl carbamates (subject to hydrolysis) is 1. The maximum Gasteiger partial charge on any atom is 0.407 e. The minimum atomic E-state index is -0.516. The normalized spacial score (nSPS) is 13.3. The number of hydrogen-bond acceptors (Lipinski definition) is 5. The Morgan fingerprint density at radius 2 is 1.97 bits per heavy atom. The van der Waals surface area contributed by atoms with Crippen LogP contribution < -0.4 is 20.9 Å². The number of nitrogens with one attached hydrogen (secondary N) is 3. The number of ether oxygens (including phenoxy) is 1. The molecule has 3 rings (SSSR count). The van der Waals surface area contributed by atoms with Crippen LogP contribution in [0.4, 0.5) is 16.2 Å². The van der Waals surface area contributed by atoms with Gasteiger partial charge in [0.25, 0.3) is 0 Å². The number of anilines is 2. The number of piperazine rings is 1. The highest BCUT2D eigenvalue weighted by molar-refractivity contribution is 6.33. The Bertz CT molecular complexity index is 923. The Hall–Kier alpha value is -3.26. The average Bonchev–Trinajstić information content (AvgIpc) is 2.76. The lowest BCUT2D eigenvalue weighted by Gasteiger charge is -2.29. The predicted octanol–water partition coefficient (Wildman–Crippen LogP) is 2.92. The fourth-order valence-electron chi connectivity index (χ4n) is 3.12.